The van der Waals surface area contributed by atoms with Crippen LogP contribution in [0.2, 0.25) is 0 Å². The molecule has 0 saturated heterocycles. The van der Waals surface area contributed by atoms with Crippen molar-refractivity contribution in [3.8, 4) is 0 Å². The first-order valence-electron chi connectivity index (χ1n) is 4.62. The molecule has 1 aromatic heterocycles. The molecular weight excluding hydrogens is 210 g/mol. The van der Waals surface area contributed by atoms with Crippen LogP contribution in [0, 0.1) is 6.92 Å². The lowest BCUT2D eigenvalue weighted by Gasteiger charge is -2.10. The molecule has 0 unspecified atom stereocenters. The zero-order valence-corrected chi connectivity index (χ0v) is 9.39. The minimum Gasteiger partial charge on any atom is -0.502 e. The Morgan fingerprint density at radius 3 is 2.56 bits per heavy atom. The number of nitrogens with zero attached hydrogens (tertiary/aromatic N) is 1. The standard InChI is InChI=1S/C11H13NO4/c1-8-5-4-6-10(13)12(8)9(7-15-2)11(14)16-3/h4-7H,1-3H3/b9-7+. The molecule has 0 fully saturated rings. The minimum absolute atomic E-state index is 0.0492. The lowest BCUT2D eigenvalue weighted by molar-refractivity contribution is -0.134. The van der Waals surface area contributed by atoms with Gasteiger partial charge in [0.15, 0.2) is 5.70 Å². The normalized spacial score (nSPS) is 11.1. The topological polar surface area (TPSA) is 57.5 Å². The molecule has 5 heteroatoms. The quantitative estimate of drug-likeness (QED) is 0.431. The number of rotatable bonds is 3. The van der Waals surface area contributed by atoms with Gasteiger partial charge in [-0.3, -0.25) is 9.36 Å². The molecular formula is C11H13NO4. The Bertz CT molecular complexity index is 473. The third-order valence-electron chi connectivity index (χ3n) is 2.01. The van der Waals surface area contributed by atoms with Crippen LogP contribution in [0.4, 0.5) is 0 Å². The van der Waals surface area contributed by atoms with Gasteiger partial charge in [-0.1, -0.05) is 6.07 Å². The molecule has 0 aliphatic heterocycles. The van der Waals surface area contributed by atoms with Crippen LogP contribution in [0.5, 0.6) is 0 Å². The van der Waals surface area contributed by atoms with Gasteiger partial charge in [-0.05, 0) is 13.0 Å². The Morgan fingerprint density at radius 1 is 1.38 bits per heavy atom. The molecule has 5 nitrogen and oxygen atoms in total. The highest BCUT2D eigenvalue weighted by atomic mass is 16.5. The molecule has 0 N–H and O–H groups in total. The van der Waals surface area contributed by atoms with Crippen LogP contribution in [0.25, 0.3) is 5.70 Å². The highest BCUT2D eigenvalue weighted by Crippen LogP contribution is 2.07. The van der Waals surface area contributed by atoms with Crippen molar-refractivity contribution in [2.45, 2.75) is 6.92 Å². The number of pyridine rings is 1. The van der Waals surface area contributed by atoms with Crippen LogP contribution in [0.15, 0.2) is 29.3 Å². The maximum atomic E-state index is 11.6. The summed E-state index contributed by atoms with van der Waals surface area (Å²) in [6.45, 7) is 1.72. The van der Waals surface area contributed by atoms with Gasteiger partial charge in [-0.25, -0.2) is 4.79 Å². The average molecular weight is 223 g/mol. The predicted octanol–water partition coefficient (Wildman–Crippen LogP) is 0.775. The number of ether oxygens (including phenoxy) is 2. The fraction of sp³-hybridized carbons (Fsp3) is 0.273. The molecule has 0 saturated carbocycles. The van der Waals surface area contributed by atoms with Crippen LogP contribution in [-0.4, -0.2) is 24.8 Å². The fourth-order valence-electron chi connectivity index (χ4n) is 1.31. The van der Waals surface area contributed by atoms with E-state index in [-0.39, 0.29) is 11.3 Å². The van der Waals surface area contributed by atoms with E-state index in [4.69, 9.17) is 4.74 Å². The van der Waals surface area contributed by atoms with Gasteiger partial charge in [-0.15, -0.1) is 0 Å². The Balaban J connectivity index is 3.38. The van der Waals surface area contributed by atoms with Crippen molar-refractivity contribution in [3.05, 3.63) is 40.5 Å². The third kappa shape index (κ3) is 2.31. The molecule has 0 spiro atoms. The molecule has 16 heavy (non-hydrogen) atoms. The molecule has 0 radical (unpaired) electrons. The summed E-state index contributed by atoms with van der Waals surface area (Å²) in [7, 11) is 2.64. The summed E-state index contributed by atoms with van der Waals surface area (Å²) in [6.07, 6.45) is 1.18. The van der Waals surface area contributed by atoms with Gasteiger partial charge in [0, 0.05) is 11.8 Å². The molecule has 1 rings (SSSR count). The second kappa shape index (κ2) is 5.16. The van der Waals surface area contributed by atoms with E-state index in [2.05, 4.69) is 4.74 Å². The maximum Gasteiger partial charge on any atom is 0.358 e. The second-order valence-corrected chi connectivity index (χ2v) is 3.07. The zero-order chi connectivity index (χ0) is 12.1. The van der Waals surface area contributed by atoms with Crippen molar-refractivity contribution in [1.82, 2.24) is 4.57 Å². The van der Waals surface area contributed by atoms with E-state index < -0.39 is 5.97 Å². The monoisotopic (exact) mass is 223 g/mol. The van der Waals surface area contributed by atoms with Crippen molar-refractivity contribution in [3.63, 3.8) is 0 Å². The van der Waals surface area contributed by atoms with Gasteiger partial charge in [-0.2, -0.15) is 0 Å². The summed E-state index contributed by atoms with van der Waals surface area (Å²) in [5.74, 6) is -0.627. The molecule has 1 heterocycles. The molecule has 1 aromatic rings. The number of carbonyl (C=O) groups excluding carboxylic acids is 1. The highest BCUT2D eigenvalue weighted by Gasteiger charge is 2.15. The SMILES string of the molecule is CO/C=C(\C(=O)OC)n1c(C)cccc1=O. The summed E-state index contributed by atoms with van der Waals surface area (Å²) in [4.78, 5) is 23.1. The van der Waals surface area contributed by atoms with Crippen LogP contribution >= 0.6 is 0 Å². The summed E-state index contributed by atoms with van der Waals surface area (Å²) in [6, 6.07) is 4.70. The van der Waals surface area contributed by atoms with Crippen LogP contribution in [0.1, 0.15) is 5.69 Å². The van der Waals surface area contributed by atoms with E-state index in [0.717, 1.165) is 0 Å². The van der Waals surface area contributed by atoms with Crippen LogP contribution in [0.3, 0.4) is 0 Å². The van der Waals surface area contributed by atoms with E-state index in [9.17, 15) is 9.59 Å². The molecule has 0 aromatic carbocycles. The van der Waals surface area contributed by atoms with Crippen molar-refractivity contribution >= 4 is 11.7 Å². The molecule has 0 aliphatic carbocycles. The predicted molar refractivity (Wildman–Crippen MR) is 58.7 cm³/mol. The Hall–Kier alpha value is -2.04. The van der Waals surface area contributed by atoms with Crippen molar-refractivity contribution < 1.29 is 14.3 Å². The lowest BCUT2D eigenvalue weighted by atomic mass is 10.3. The Morgan fingerprint density at radius 2 is 2.06 bits per heavy atom. The number of hydrogen-bond donors (Lipinski definition) is 0. The number of methoxy groups -OCH3 is 2. The first kappa shape index (κ1) is 12.0. The largest absolute Gasteiger partial charge is 0.502 e. The van der Waals surface area contributed by atoms with Gasteiger partial charge in [0.1, 0.15) is 6.26 Å². The molecule has 0 atom stereocenters. The summed E-state index contributed by atoms with van der Waals surface area (Å²) < 4.78 is 10.6. The van der Waals surface area contributed by atoms with Gasteiger partial charge >= 0.3 is 5.97 Å². The van der Waals surface area contributed by atoms with Crippen LogP contribution < -0.4 is 5.56 Å². The van der Waals surface area contributed by atoms with E-state index in [1.807, 2.05) is 0 Å². The van der Waals surface area contributed by atoms with Gasteiger partial charge in [0.2, 0.25) is 0 Å². The summed E-state index contributed by atoms with van der Waals surface area (Å²) in [5, 5.41) is 0. The molecule has 0 amide bonds. The molecule has 0 bridgehead atoms. The minimum atomic E-state index is -0.627. The average Bonchev–Trinajstić information content (AvgIpc) is 2.26. The lowest BCUT2D eigenvalue weighted by Crippen LogP contribution is -2.25. The first-order chi connectivity index (χ1) is 7.61. The number of esters is 1. The first-order valence-corrected chi connectivity index (χ1v) is 4.62. The number of hydrogen-bond acceptors (Lipinski definition) is 4. The second-order valence-electron chi connectivity index (χ2n) is 3.07. The number of aryl methyl sites for hydroxylation is 1. The van der Waals surface area contributed by atoms with E-state index in [1.165, 1.54) is 31.1 Å². The summed E-state index contributed by atoms with van der Waals surface area (Å²) >= 11 is 0. The van der Waals surface area contributed by atoms with E-state index >= 15 is 0 Å². The van der Waals surface area contributed by atoms with Gasteiger partial charge < -0.3 is 9.47 Å². The molecule has 86 valence electrons. The number of aromatic nitrogens is 1. The third-order valence-corrected chi connectivity index (χ3v) is 2.01. The van der Waals surface area contributed by atoms with Crippen LogP contribution in [-0.2, 0) is 14.3 Å². The van der Waals surface area contributed by atoms with Crippen molar-refractivity contribution in [2.24, 2.45) is 0 Å². The van der Waals surface area contributed by atoms with Gasteiger partial charge in [0.25, 0.3) is 5.56 Å². The molecule has 0 aliphatic rings. The number of carbonyl (C=O) groups is 1. The maximum absolute atomic E-state index is 11.6. The fourth-order valence-corrected chi connectivity index (χ4v) is 1.31. The van der Waals surface area contributed by atoms with Crippen molar-refractivity contribution in [2.75, 3.05) is 14.2 Å². The summed E-state index contributed by atoms with van der Waals surface area (Å²) in [5.41, 5.74) is 0.364. The Labute approximate surface area is 92.9 Å². The Kier molecular flexibility index (Phi) is 3.88. The van der Waals surface area contributed by atoms with Gasteiger partial charge in [0.05, 0.1) is 14.2 Å². The highest BCUT2D eigenvalue weighted by molar-refractivity contribution is 6.09. The van der Waals surface area contributed by atoms with E-state index in [1.54, 1.807) is 19.1 Å². The van der Waals surface area contributed by atoms with Crippen molar-refractivity contribution in [1.29, 1.82) is 0 Å². The smallest absolute Gasteiger partial charge is 0.358 e. The zero-order valence-electron chi connectivity index (χ0n) is 9.39. The van der Waals surface area contributed by atoms with E-state index in [0.29, 0.717) is 5.69 Å².